The largest absolute Gasteiger partial charge is 0.486 e. The molecule has 1 fully saturated rings. The Labute approximate surface area is 164 Å². The van der Waals surface area contributed by atoms with Crippen molar-refractivity contribution in [2.24, 2.45) is 17.6 Å². The van der Waals surface area contributed by atoms with Gasteiger partial charge in [-0.15, -0.1) is 0 Å². The molecule has 28 heavy (non-hydrogen) atoms. The van der Waals surface area contributed by atoms with E-state index in [-0.39, 0.29) is 30.3 Å². The first-order valence-electron chi connectivity index (χ1n) is 9.38. The van der Waals surface area contributed by atoms with Crippen LogP contribution in [0.5, 0.6) is 5.75 Å². The Kier molecular flexibility index (Phi) is 6.25. The average molecular weight is 385 g/mol. The minimum atomic E-state index is -0.0211. The van der Waals surface area contributed by atoms with Crippen LogP contribution in [-0.2, 0) is 11.4 Å². The number of ether oxygens (including phenoxy) is 1. The van der Waals surface area contributed by atoms with Crippen LogP contribution in [0.25, 0.3) is 0 Å². The summed E-state index contributed by atoms with van der Waals surface area (Å²) in [5, 5.41) is 2.98. The molecule has 2 atom stereocenters. The molecule has 1 aromatic heterocycles. The van der Waals surface area contributed by atoms with Crippen molar-refractivity contribution < 1.29 is 9.53 Å². The second-order valence-electron chi connectivity index (χ2n) is 7.14. The Morgan fingerprint density at radius 3 is 2.86 bits per heavy atom. The molecular weight excluding hydrogens is 358 g/mol. The van der Waals surface area contributed by atoms with Crippen LogP contribution in [0.1, 0.15) is 25.1 Å². The van der Waals surface area contributed by atoms with E-state index in [1.54, 1.807) is 11.0 Å². The molecule has 1 aliphatic carbocycles. The molecule has 1 saturated carbocycles. The molecule has 5 N–H and O–H groups in total. The molecule has 1 aliphatic rings. The van der Waals surface area contributed by atoms with Crippen LogP contribution in [0.2, 0.25) is 0 Å². The lowest BCUT2D eigenvalue weighted by molar-refractivity contribution is -0.120. The Morgan fingerprint density at radius 1 is 1.29 bits per heavy atom. The maximum absolute atomic E-state index is 12.6. The van der Waals surface area contributed by atoms with Crippen molar-refractivity contribution in [3.05, 3.63) is 30.1 Å². The number of nitrogens with zero attached hydrogens (tertiary/aromatic N) is 4. The van der Waals surface area contributed by atoms with Gasteiger partial charge in [0.05, 0.1) is 0 Å². The van der Waals surface area contributed by atoms with Gasteiger partial charge in [0.25, 0.3) is 0 Å². The highest BCUT2D eigenvalue weighted by Gasteiger charge is 2.31. The van der Waals surface area contributed by atoms with Gasteiger partial charge in [-0.25, -0.2) is 0 Å². The molecular formula is C19H27N7O2. The predicted octanol–water partition coefficient (Wildman–Crippen LogP) is 1.41. The SMILES string of the molecule is CN(C)c1nc(N)nc(COc2cccc(NC(=O)[C@@H]3CCC[C@@H]3CN)c2)n1. The Bertz CT molecular complexity index is 828. The van der Waals surface area contributed by atoms with Gasteiger partial charge in [0.2, 0.25) is 17.8 Å². The summed E-state index contributed by atoms with van der Waals surface area (Å²) in [4.78, 5) is 26.8. The summed E-state index contributed by atoms with van der Waals surface area (Å²) < 4.78 is 5.77. The fourth-order valence-corrected chi connectivity index (χ4v) is 3.40. The first-order chi connectivity index (χ1) is 13.5. The summed E-state index contributed by atoms with van der Waals surface area (Å²) in [6.45, 7) is 0.689. The van der Waals surface area contributed by atoms with Crippen molar-refractivity contribution in [2.75, 3.05) is 36.6 Å². The molecule has 9 nitrogen and oxygen atoms in total. The van der Waals surface area contributed by atoms with Gasteiger partial charge in [-0.05, 0) is 37.4 Å². The zero-order valence-corrected chi connectivity index (χ0v) is 16.3. The van der Waals surface area contributed by atoms with Gasteiger partial charge in [0.15, 0.2) is 5.82 Å². The zero-order valence-electron chi connectivity index (χ0n) is 16.3. The molecule has 0 radical (unpaired) electrons. The van der Waals surface area contributed by atoms with E-state index < -0.39 is 0 Å². The smallest absolute Gasteiger partial charge is 0.230 e. The van der Waals surface area contributed by atoms with Gasteiger partial charge in [0, 0.05) is 31.8 Å². The number of aromatic nitrogens is 3. The third-order valence-corrected chi connectivity index (χ3v) is 4.86. The molecule has 0 unspecified atom stereocenters. The number of amides is 1. The number of rotatable bonds is 7. The van der Waals surface area contributed by atoms with Gasteiger partial charge < -0.3 is 26.4 Å². The van der Waals surface area contributed by atoms with E-state index in [0.29, 0.717) is 29.8 Å². The van der Waals surface area contributed by atoms with Crippen molar-refractivity contribution in [1.29, 1.82) is 0 Å². The quantitative estimate of drug-likeness (QED) is 0.652. The van der Waals surface area contributed by atoms with Crippen molar-refractivity contribution in [3.63, 3.8) is 0 Å². The molecule has 0 aliphatic heterocycles. The summed E-state index contributed by atoms with van der Waals surface area (Å²) in [5.74, 6) is 1.91. The van der Waals surface area contributed by atoms with Crippen LogP contribution in [0, 0.1) is 11.8 Å². The van der Waals surface area contributed by atoms with Gasteiger partial charge in [-0.2, -0.15) is 15.0 Å². The lowest BCUT2D eigenvalue weighted by Crippen LogP contribution is -2.29. The molecule has 1 heterocycles. The van der Waals surface area contributed by atoms with Gasteiger partial charge in [-0.3, -0.25) is 4.79 Å². The highest BCUT2D eigenvalue weighted by Crippen LogP contribution is 2.32. The highest BCUT2D eigenvalue weighted by atomic mass is 16.5. The van der Waals surface area contributed by atoms with E-state index in [4.69, 9.17) is 16.2 Å². The fourth-order valence-electron chi connectivity index (χ4n) is 3.40. The number of anilines is 3. The number of nitrogen functional groups attached to an aromatic ring is 1. The van der Waals surface area contributed by atoms with E-state index in [1.807, 2.05) is 32.3 Å². The molecule has 150 valence electrons. The molecule has 3 rings (SSSR count). The van der Waals surface area contributed by atoms with Gasteiger partial charge in [-0.1, -0.05) is 12.5 Å². The van der Waals surface area contributed by atoms with Crippen molar-refractivity contribution in [2.45, 2.75) is 25.9 Å². The van der Waals surface area contributed by atoms with Crippen molar-refractivity contribution >= 4 is 23.5 Å². The van der Waals surface area contributed by atoms with E-state index >= 15 is 0 Å². The van der Waals surface area contributed by atoms with E-state index in [2.05, 4.69) is 20.3 Å². The molecule has 0 saturated heterocycles. The number of carbonyl (C=O) groups excluding carboxylic acids is 1. The number of hydrogen-bond acceptors (Lipinski definition) is 8. The topological polar surface area (TPSA) is 132 Å². The van der Waals surface area contributed by atoms with E-state index in [1.165, 1.54) is 0 Å². The Balaban J connectivity index is 1.63. The third kappa shape index (κ3) is 4.86. The normalized spacial score (nSPS) is 18.7. The van der Waals surface area contributed by atoms with Crippen LogP contribution in [0.15, 0.2) is 24.3 Å². The number of nitrogens with one attached hydrogen (secondary N) is 1. The Morgan fingerprint density at radius 2 is 2.11 bits per heavy atom. The summed E-state index contributed by atoms with van der Waals surface area (Å²) >= 11 is 0. The van der Waals surface area contributed by atoms with Crippen LogP contribution in [0.4, 0.5) is 17.6 Å². The predicted molar refractivity (Wildman–Crippen MR) is 108 cm³/mol. The number of hydrogen-bond donors (Lipinski definition) is 3. The minimum absolute atomic E-state index is 0.0194. The summed E-state index contributed by atoms with van der Waals surface area (Å²) in [7, 11) is 3.65. The van der Waals surface area contributed by atoms with Crippen LogP contribution in [-0.4, -0.2) is 41.5 Å². The van der Waals surface area contributed by atoms with Crippen molar-refractivity contribution in [3.8, 4) is 5.75 Å². The number of nitrogens with two attached hydrogens (primary N) is 2. The maximum Gasteiger partial charge on any atom is 0.230 e. The van der Waals surface area contributed by atoms with E-state index in [9.17, 15) is 4.79 Å². The summed E-state index contributed by atoms with van der Waals surface area (Å²) in [5.41, 5.74) is 12.2. The summed E-state index contributed by atoms with van der Waals surface area (Å²) in [6, 6.07) is 7.25. The number of benzene rings is 1. The third-order valence-electron chi connectivity index (χ3n) is 4.86. The first kappa shape index (κ1) is 19.8. The highest BCUT2D eigenvalue weighted by molar-refractivity contribution is 5.93. The van der Waals surface area contributed by atoms with Crippen LogP contribution in [0.3, 0.4) is 0 Å². The molecule has 0 spiro atoms. The average Bonchev–Trinajstić information content (AvgIpc) is 3.15. The van der Waals surface area contributed by atoms with Gasteiger partial charge >= 0.3 is 0 Å². The lowest BCUT2D eigenvalue weighted by atomic mass is 9.95. The molecule has 2 aromatic rings. The van der Waals surface area contributed by atoms with Gasteiger partial charge in [0.1, 0.15) is 12.4 Å². The van der Waals surface area contributed by atoms with Crippen LogP contribution < -0.4 is 26.4 Å². The maximum atomic E-state index is 12.6. The molecule has 1 aromatic carbocycles. The molecule has 0 bridgehead atoms. The van der Waals surface area contributed by atoms with Crippen molar-refractivity contribution in [1.82, 2.24) is 15.0 Å². The Hall–Kier alpha value is -2.94. The fraction of sp³-hybridized carbons (Fsp3) is 0.474. The van der Waals surface area contributed by atoms with Crippen LogP contribution >= 0.6 is 0 Å². The zero-order chi connectivity index (χ0) is 20.1. The van der Waals surface area contributed by atoms with E-state index in [0.717, 1.165) is 19.3 Å². The monoisotopic (exact) mass is 385 g/mol. The molecule has 1 amide bonds. The first-order valence-corrected chi connectivity index (χ1v) is 9.38. The summed E-state index contributed by atoms with van der Waals surface area (Å²) in [6.07, 6.45) is 2.95. The second-order valence-corrected chi connectivity index (χ2v) is 7.14. The second kappa shape index (κ2) is 8.83. The minimum Gasteiger partial charge on any atom is -0.486 e. The standard InChI is InChI=1S/C19H27N7O2/c1-26(2)19-24-16(23-18(21)25-19)11-28-14-7-4-6-13(9-14)22-17(27)15-8-3-5-12(15)10-20/h4,6-7,9,12,15H,3,5,8,10-11,20H2,1-2H3,(H,22,27)(H2,21,23,24,25)/t12-,15-/m1/s1. The lowest BCUT2D eigenvalue weighted by Gasteiger charge is -2.17. The molecule has 9 heteroatoms. The number of carbonyl (C=O) groups is 1.